The van der Waals surface area contributed by atoms with Crippen LogP contribution in [0.5, 0.6) is 5.75 Å². The molecule has 2 aromatic carbocycles. The molecule has 4 nitrogen and oxygen atoms in total. The number of benzene rings is 2. The van der Waals surface area contributed by atoms with E-state index >= 15 is 0 Å². The van der Waals surface area contributed by atoms with Crippen LogP contribution in [0, 0.1) is 0 Å². The molecule has 0 N–H and O–H groups in total. The first kappa shape index (κ1) is 16.6. The fraction of sp³-hybridized carbons (Fsp3) is 0.348. The largest absolute Gasteiger partial charge is 0.496 e. The van der Waals surface area contributed by atoms with E-state index in [1.165, 1.54) is 35.4 Å². The SMILES string of the molecule is COc1ccccc1CN1CCc2nc(-c3ccccc3)n(C3CC3)c2C1. The minimum atomic E-state index is 0.627. The molecule has 1 fully saturated rings. The van der Waals surface area contributed by atoms with Gasteiger partial charge in [0.15, 0.2) is 0 Å². The van der Waals surface area contributed by atoms with Crippen molar-refractivity contribution in [2.24, 2.45) is 0 Å². The van der Waals surface area contributed by atoms with E-state index in [4.69, 9.17) is 9.72 Å². The zero-order chi connectivity index (χ0) is 18.2. The van der Waals surface area contributed by atoms with Gasteiger partial charge in [0.25, 0.3) is 0 Å². The molecule has 2 heterocycles. The Balaban J connectivity index is 1.46. The Bertz CT molecular complexity index is 944. The monoisotopic (exact) mass is 359 g/mol. The summed E-state index contributed by atoms with van der Waals surface area (Å²) in [5.41, 5.74) is 5.19. The lowest BCUT2D eigenvalue weighted by Gasteiger charge is -2.28. The molecule has 2 aliphatic rings. The average Bonchev–Trinajstić information content (AvgIpc) is 3.49. The number of aromatic nitrogens is 2. The second-order valence-corrected chi connectivity index (χ2v) is 7.57. The van der Waals surface area contributed by atoms with Gasteiger partial charge in [0.2, 0.25) is 0 Å². The van der Waals surface area contributed by atoms with Gasteiger partial charge in [-0.3, -0.25) is 4.90 Å². The first-order chi connectivity index (χ1) is 13.3. The summed E-state index contributed by atoms with van der Waals surface area (Å²) in [5.74, 6) is 2.13. The lowest BCUT2D eigenvalue weighted by atomic mass is 10.1. The van der Waals surface area contributed by atoms with Crippen LogP contribution in [0.3, 0.4) is 0 Å². The molecule has 1 aliphatic heterocycles. The molecule has 3 aromatic rings. The number of imidazole rings is 1. The summed E-state index contributed by atoms with van der Waals surface area (Å²) in [6, 6.07) is 19.6. The predicted molar refractivity (Wildman–Crippen MR) is 107 cm³/mol. The summed E-state index contributed by atoms with van der Waals surface area (Å²) in [5, 5.41) is 0. The van der Waals surface area contributed by atoms with E-state index in [9.17, 15) is 0 Å². The van der Waals surface area contributed by atoms with Crippen molar-refractivity contribution in [3.8, 4) is 17.1 Å². The van der Waals surface area contributed by atoms with Crippen LogP contribution in [0.15, 0.2) is 54.6 Å². The summed E-state index contributed by atoms with van der Waals surface area (Å²) in [6.45, 7) is 2.92. The Morgan fingerprint density at radius 3 is 2.59 bits per heavy atom. The number of nitrogens with zero attached hydrogens (tertiary/aromatic N) is 3. The third-order valence-electron chi connectivity index (χ3n) is 5.66. The van der Waals surface area contributed by atoms with Gasteiger partial charge >= 0.3 is 0 Å². The molecule has 0 radical (unpaired) electrons. The molecule has 138 valence electrons. The molecule has 0 bridgehead atoms. The van der Waals surface area contributed by atoms with Crippen LogP contribution in [-0.4, -0.2) is 28.1 Å². The zero-order valence-corrected chi connectivity index (χ0v) is 15.8. The average molecular weight is 359 g/mol. The lowest BCUT2D eigenvalue weighted by molar-refractivity contribution is 0.233. The summed E-state index contributed by atoms with van der Waals surface area (Å²) in [6.07, 6.45) is 3.56. The fourth-order valence-corrected chi connectivity index (χ4v) is 4.16. The molecule has 0 amide bonds. The van der Waals surface area contributed by atoms with Gasteiger partial charge in [0.1, 0.15) is 11.6 Å². The fourth-order valence-electron chi connectivity index (χ4n) is 4.16. The van der Waals surface area contributed by atoms with E-state index in [-0.39, 0.29) is 0 Å². The molecule has 5 rings (SSSR count). The van der Waals surface area contributed by atoms with Gasteiger partial charge in [-0.05, 0) is 18.9 Å². The molecule has 1 saturated carbocycles. The topological polar surface area (TPSA) is 30.3 Å². The highest BCUT2D eigenvalue weighted by Gasteiger charge is 2.33. The zero-order valence-electron chi connectivity index (χ0n) is 15.8. The van der Waals surface area contributed by atoms with E-state index in [2.05, 4.69) is 51.9 Å². The van der Waals surface area contributed by atoms with Crippen molar-refractivity contribution in [3.05, 3.63) is 71.5 Å². The first-order valence-electron chi connectivity index (χ1n) is 9.83. The second kappa shape index (κ2) is 6.86. The standard InChI is InChI=1S/C23H25N3O/c1-27-22-10-6-5-9-18(22)15-25-14-13-20-21(16-25)26(19-11-12-19)23(24-20)17-7-3-2-4-8-17/h2-10,19H,11-16H2,1H3. The first-order valence-corrected chi connectivity index (χ1v) is 9.83. The van der Waals surface area contributed by atoms with Crippen molar-refractivity contribution in [2.45, 2.75) is 38.4 Å². The third kappa shape index (κ3) is 3.15. The number of rotatable bonds is 5. The van der Waals surface area contributed by atoms with Crippen LogP contribution in [0.4, 0.5) is 0 Å². The maximum atomic E-state index is 5.55. The van der Waals surface area contributed by atoms with Gasteiger partial charge < -0.3 is 9.30 Å². The Hall–Kier alpha value is -2.59. The molecular formula is C23H25N3O. The normalized spacial score (nSPS) is 16.9. The molecule has 4 heteroatoms. The number of ether oxygens (including phenoxy) is 1. The third-order valence-corrected chi connectivity index (χ3v) is 5.66. The molecule has 27 heavy (non-hydrogen) atoms. The second-order valence-electron chi connectivity index (χ2n) is 7.57. The van der Waals surface area contributed by atoms with Crippen molar-refractivity contribution >= 4 is 0 Å². The molecule has 0 unspecified atom stereocenters. The Morgan fingerprint density at radius 2 is 1.81 bits per heavy atom. The number of hydrogen-bond donors (Lipinski definition) is 0. The minimum absolute atomic E-state index is 0.627. The van der Waals surface area contributed by atoms with E-state index in [1.54, 1.807) is 7.11 Å². The smallest absolute Gasteiger partial charge is 0.140 e. The molecule has 0 atom stereocenters. The minimum Gasteiger partial charge on any atom is -0.496 e. The Morgan fingerprint density at radius 1 is 1.04 bits per heavy atom. The van der Waals surface area contributed by atoms with Crippen molar-refractivity contribution in [1.29, 1.82) is 0 Å². The number of fused-ring (bicyclic) bond motifs is 1. The lowest BCUT2D eigenvalue weighted by Crippen LogP contribution is -2.31. The highest BCUT2D eigenvalue weighted by molar-refractivity contribution is 5.57. The van der Waals surface area contributed by atoms with Crippen molar-refractivity contribution in [1.82, 2.24) is 14.5 Å². The van der Waals surface area contributed by atoms with Crippen molar-refractivity contribution in [3.63, 3.8) is 0 Å². The molecule has 0 spiro atoms. The van der Waals surface area contributed by atoms with E-state index in [1.807, 2.05) is 12.1 Å². The number of hydrogen-bond acceptors (Lipinski definition) is 3. The Labute approximate surface area is 160 Å². The van der Waals surface area contributed by atoms with Crippen molar-refractivity contribution < 1.29 is 4.74 Å². The van der Waals surface area contributed by atoms with E-state index in [0.29, 0.717) is 6.04 Å². The van der Waals surface area contributed by atoms with Crippen LogP contribution in [0.25, 0.3) is 11.4 Å². The molecule has 1 aromatic heterocycles. The van der Waals surface area contributed by atoms with Gasteiger partial charge in [0, 0.05) is 43.2 Å². The van der Waals surface area contributed by atoms with Gasteiger partial charge in [-0.15, -0.1) is 0 Å². The van der Waals surface area contributed by atoms with E-state index < -0.39 is 0 Å². The highest BCUT2D eigenvalue weighted by atomic mass is 16.5. The number of para-hydroxylation sites is 1. The molecule has 0 saturated heterocycles. The highest BCUT2D eigenvalue weighted by Crippen LogP contribution is 2.41. The number of methoxy groups -OCH3 is 1. The molecular weight excluding hydrogens is 334 g/mol. The Kier molecular flexibility index (Phi) is 4.21. The maximum Gasteiger partial charge on any atom is 0.140 e. The van der Waals surface area contributed by atoms with Gasteiger partial charge in [0.05, 0.1) is 18.5 Å². The van der Waals surface area contributed by atoms with Crippen LogP contribution in [0.2, 0.25) is 0 Å². The summed E-state index contributed by atoms with van der Waals surface area (Å²) < 4.78 is 8.07. The van der Waals surface area contributed by atoms with Crippen LogP contribution in [0.1, 0.15) is 35.8 Å². The summed E-state index contributed by atoms with van der Waals surface area (Å²) >= 11 is 0. The van der Waals surface area contributed by atoms with Crippen LogP contribution >= 0.6 is 0 Å². The molecule has 1 aliphatic carbocycles. The summed E-state index contributed by atoms with van der Waals surface area (Å²) in [7, 11) is 1.75. The summed E-state index contributed by atoms with van der Waals surface area (Å²) in [4.78, 5) is 7.59. The van der Waals surface area contributed by atoms with Crippen LogP contribution in [-0.2, 0) is 19.5 Å². The van der Waals surface area contributed by atoms with Gasteiger partial charge in [-0.2, -0.15) is 0 Å². The predicted octanol–water partition coefficient (Wildman–Crippen LogP) is 4.45. The maximum absolute atomic E-state index is 5.55. The van der Waals surface area contributed by atoms with Crippen molar-refractivity contribution in [2.75, 3.05) is 13.7 Å². The van der Waals surface area contributed by atoms with Crippen LogP contribution < -0.4 is 4.74 Å². The quantitative estimate of drug-likeness (QED) is 0.674. The van der Waals surface area contributed by atoms with Gasteiger partial charge in [-0.1, -0.05) is 48.5 Å². The van der Waals surface area contributed by atoms with E-state index in [0.717, 1.165) is 37.6 Å². The van der Waals surface area contributed by atoms with Gasteiger partial charge in [-0.25, -0.2) is 4.98 Å².